The second-order valence-corrected chi connectivity index (χ2v) is 5.25. The van der Waals surface area contributed by atoms with E-state index >= 15 is 0 Å². The van der Waals surface area contributed by atoms with E-state index < -0.39 is 11.6 Å². The van der Waals surface area contributed by atoms with Crippen molar-refractivity contribution < 1.29 is 18.6 Å². The molecule has 0 amide bonds. The Morgan fingerprint density at radius 2 is 2.00 bits per heavy atom. The number of hydrogen-bond acceptors (Lipinski definition) is 3. The lowest BCUT2D eigenvalue weighted by molar-refractivity contribution is -0.00489. The molecule has 1 N–H and O–H groups in total. The number of methoxy groups -OCH3 is 1. The molecule has 1 unspecified atom stereocenters. The van der Waals surface area contributed by atoms with Gasteiger partial charge in [-0.3, -0.25) is 0 Å². The van der Waals surface area contributed by atoms with Crippen LogP contribution in [0.15, 0.2) is 12.1 Å². The van der Waals surface area contributed by atoms with Gasteiger partial charge in [0.2, 0.25) is 0 Å². The molecule has 1 heterocycles. The second kappa shape index (κ2) is 5.43. The summed E-state index contributed by atoms with van der Waals surface area (Å²) in [5.41, 5.74) is -0.169. The van der Waals surface area contributed by atoms with Crippen LogP contribution in [0, 0.1) is 11.6 Å². The Labute approximate surface area is 111 Å². The van der Waals surface area contributed by atoms with Crippen molar-refractivity contribution in [2.75, 3.05) is 25.1 Å². The minimum atomic E-state index is -0.635. The van der Waals surface area contributed by atoms with Gasteiger partial charge in [0.15, 0.2) is 0 Å². The molecule has 0 bridgehead atoms. The van der Waals surface area contributed by atoms with Gasteiger partial charge in [0.1, 0.15) is 17.3 Å². The van der Waals surface area contributed by atoms with Crippen LogP contribution in [-0.4, -0.2) is 30.9 Å². The maximum atomic E-state index is 14.0. The molecule has 0 radical (unpaired) electrons. The maximum absolute atomic E-state index is 14.0. The van der Waals surface area contributed by atoms with Crippen LogP contribution in [0.1, 0.15) is 25.3 Å². The van der Waals surface area contributed by atoms with Crippen LogP contribution >= 0.6 is 0 Å². The smallest absolute Gasteiger partial charge is 0.149 e. The average Bonchev–Trinajstić information content (AvgIpc) is 2.38. The number of aliphatic hydroxyl groups excluding tert-OH is 1. The monoisotopic (exact) mass is 271 g/mol. The number of nitrogens with zero attached hydrogens (tertiary/aromatic N) is 1. The molecule has 0 saturated carbocycles. The Balaban J connectivity index is 2.31. The first-order valence-corrected chi connectivity index (χ1v) is 6.38. The molecule has 106 valence electrons. The Kier molecular flexibility index (Phi) is 4.06. The molecule has 1 aromatic rings. The first-order valence-electron chi connectivity index (χ1n) is 6.38. The summed E-state index contributed by atoms with van der Waals surface area (Å²) in [6.07, 6.45) is 1.70. The van der Waals surface area contributed by atoms with Gasteiger partial charge in [0.05, 0.1) is 12.2 Å². The van der Waals surface area contributed by atoms with Gasteiger partial charge >= 0.3 is 0 Å². The summed E-state index contributed by atoms with van der Waals surface area (Å²) in [7, 11) is 1.62. The summed E-state index contributed by atoms with van der Waals surface area (Å²) in [5.74, 6) is -1.27. The molecule has 0 aliphatic carbocycles. The molecular weight excluding hydrogens is 252 g/mol. The lowest BCUT2D eigenvalue weighted by atomic mass is 9.94. The first kappa shape index (κ1) is 14.2. The van der Waals surface area contributed by atoms with Gasteiger partial charge in [-0.2, -0.15) is 0 Å². The third kappa shape index (κ3) is 2.87. The largest absolute Gasteiger partial charge is 0.392 e. The summed E-state index contributed by atoms with van der Waals surface area (Å²) in [5, 5.41) is 8.94. The predicted octanol–water partition coefficient (Wildman–Crippen LogP) is 2.46. The van der Waals surface area contributed by atoms with E-state index in [-0.39, 0.29) is 23.5 Å². The summed E-state index contributed by atoms with van der Waals surface area (Å²) >= 11 is 0. The highest BCUT2D eigenvalue weighted by atomic mass is 19.1. The molecule has 1 aromatic carbocycles. The van der Waals surface area contributed by atoms with Crippen LogP contribution < -0.4 is 4.90 Å². The van der Waals surface area contributed by atoms with Gasteiger partial charge in [0.25, 0.3) is 0 Å². The third-order valence-electron chi connectivity index (χ3n) is 3.73. The van der Waals surface area contributed by atoms with Gasteiger partial charge in [-0.05, 0) is 37.5 Å². The Morgan fingerprint density at radius 1 is 1.37 bits per heavy atom. The Hall–Kier alpha value is -1.20. The average molecular weight is 271 g/mol. The predicted molar refractivity (Wildman–Crippen MR) is 69.1 cm³/mol. The number of hydrogen-bond donors (Lipinski definition) is 1. The fourth-order valence-electron chi connectivity index (χ4n) is 2.57. The SMILES string of the molecule is COC1(C)CCCN(c2c(F)cc(CO)cc2F)C1. The highest BCUT2D eigenvalue weighted by molar-refractivity contribution is 5.51. The number of rotatable bonds is 3. The van der Waals surface area contributed by atoms with E-state index in [0.29, 0.717) is 13.1 Å². The highest BCUT2D eigenvalue weighted by Gasteiger charge is 2.33. The quantitative estimate of drug-likeness (QED) is 0.916. The van der Waals surface area contributed by atoms with E-state index in [1.165, 1.54) is 12.1 Å². The fraction of sp³-hybridized carbons (Fsp3) is 0.571. The van der Waals surface area contributed by atoms with Crippen molar-refractivity contribution in [2.24, 2.45) is 0 Å². The standard InChI is InChI=1S/C14H19F2NO2/c1-14(19-2)4-3-5-17(9-14)13-11(15)6-10(8-18)7-12(13)16/h6-7,18H,3-5,8-9H2,1-2H3. The summed E-state index contributed by atoms with van der Waals surface area (Å²) in [4.78, 5) is 1.68. The number of piperidine rings is 1. The van der Waals surface area contributed by atoms with Gasteiger partial charge < -0.3 is 14.7 Å². The number of halogens is 2. The third-order valence-corrected chi connectivity index (χ3v) is 3.73. The molecule has 0 aromatic heterocycles. The van der Waals surface area contributed by atoms with E-state index in [1.807, 2.05) is 6.92 Å². The van der Waals surface area contributed by atoms with Gasteiger partial charge in [-0.15, -0.1) is 0 Å². The van der Waals surface area contributed by atoms with Crippen molar-refractivity contribution in [3.63, 3.8) is 0 Å². The molecule has 1 aliphatic heterocycles. The van der Waals surface area contributed by atoms with Gasteiger partial charge in [-0.1, -0.05) is 0 Å². The van der Waals surface area contributed by atoms with Crippen LogP contribution in [0.25, 0.3) is 0 Å². The van der Waals surface area contributed by atoms with Crippen molar-refractivity contribution in [3.8, 4) is 0 Å². The Bertz CT molecular complexity index is 444. The van der Waals surface area contributed by atoms with Crippen molar-refractivity contribution >= 4 is 5.69 Å². The zero-order chi connectivity index (χ0) is 14.0. The van der Waals surface area contributed by atoms with E-state index in [2.05, 4.69) is 0 Å². The van der Waals surface area contributed by atoms with Crippen LogP contribution in [0.4, 0.5) is 14.5 Å². The molecule has 1 aliphatic rings. The molecule has 2 rings (SSSR count). The molecule has 1 saturated heterocycles. The number of anilines is 1. The summed E-state index contributed by atoms with van der Waals surface area (Å²) in [6, 6.07) is 2.36. The second-order valence-electron chi connectivity index (χ2n) is 5.25. The van der Waals surface area contributed by atoms with Crippen LogP contribution in [0.5, 0.6) is 0 Å². The van der Waals surface area contributed by atoms with Crippen molar-refractivity contribution in [2.45, 2.75) is 32.0 Å². The van der Waals surface area contributed by atoms with E-state index in [1.54, 1.807) is 12.0 Å². The molecule has 1 atom stereocenters. The van der Waals surface area contributed by atoms with Crippen LogP contribution in [-0.2, 0) is 11.3 Å². The van der Waals surface area contributed by atoms with Gasteiger partial charge in [-0.25, -0.2) is 8.78 Å². The molecule has 0 spiro atoms. The van der Waals surface area contributed by atoms with Crippen molar-refractivity contribution in [1.29, 1.82) is 0 Å². The van der Waals surface area contributed by atoms with Gasteiger partial charge in [0, 0.05) is 20.2 Å². The number of ether oxygens (including phenoxy) is 1. The number of aliphatic hydroxyl groups is 1. The normalized spacial score (nSPS) is 23.7. The first-order chi connectivity index (χ1) is 8.99. The van der Waals surface area contributed by atoms with E-state index in [4.69, 9.17) is 9.84 Å². The minimum absolute atomic E-state index is 0.0276. The lowest BCUT2D eigenvalue weighted by Crippen LogP contribution is -2.48. The van der Waals surface area contributed by atoms with E-state index in [0.717, 1.165) is 12.8 Å². The fourth-order valence-corrected chi connectivity index (χ4v) is 2.57. The Morgan fingerprint density at radius 3 is 2.53 bits per heavy atom. The lowest BCUT2D eigenvalue weighted by Gasteiger charge is -2.40. The van der Waals surface area contributed by atoms with E-state index in [9.17, 15) is 8.78 Å². The topological polar surface area (TPSA) is 32.7 Å². The van der Waals surface area contributed by atoms with Crippen molar-refractivity contribution in [1.82, 2.24) is 0 Å². The molecular formula is C14H19F2NO2. The summed E-state index contributed by atoms with van der Waals surface area (Å²) < 4.78 is 33.4. The molecule has 5 heteroatoms. The summed E-state index contributed by atoms with van der Waals surface area (Å²) in [6.45, 7) is 2.63. The minimum Gasteiger partial charge on any atom is -0.392 e. The van der Waals surface area contributed by atoms with Crippen LogP contribution in [0.3, 0.4) is 0 Å². The zero-order valence-corrected chi connectivity index (χ0v) is 11.2. The number of benzene rings is 1. The van der Waals surface area contributed by atoms with Crippen molar-refractivity contribution in [3.05, 3.63) is 29.3 Å². The maximum Gasteiger partial charge on any atom is 0.149 e. The molecule has 19 heavy (non-hydrogen) atoms. The highest BCUT2D eigenvalue weighted by Crippen LogP contribution is 2.32. The molecule has 3 nitrogen and oxygen atoms in total. The molecule has 1 fully saturated rings. The van der Waals surface area contributed by atoms with Crippen LogP contribution in [0.2, 0.25) is 0 Å². The zero-order valence-electron chi connectivity index (χ0n) is 11.2.